The van der Waals surface area contributed by atoms with Gasteiger partial charge in [-0.05, 0) is 43.0 Å². The molecule has 106 valence electrons. The number of fused-ring (bicyclic) bond motifs is 1. The van der Waals surface area contributed by atoms with E-state index < -0.39 is 0 Å². The first-order valence-corrected chi connectivity index (χ1v) is 8.36. The SMILES string of the molecule is NC1CCC(N)(c2ccnc3cc(Cl)ccc23)C(I)C1. The van der Waals surface area contributed by atoms with Crippen LogP contribution >= 0.6 is 34.2 Å². The molecule has 20 heavy (non-hydrogen) atoms. The molecular weight excluding hydrogens is 385 g/mol. The molecular formula is C15H17ClIN3. The quantitative estimate of drug-likeness (QED) is 0.569. The predicted molar refractivity (Wildman–Crippen MR) is 92.3 cm³/mol. The Labute approximate surface area is 137 Å². The molecule has 0 spiro atoms. The van der Waals surface area contributed by atoms with Crippen molar-refractivity contribution in [1.29, 1.82) is 0 Å². The monoisotopic (exact) mass is 401 g/mol. The van der Waals surface area contributed by atoms with Crippen molar-refractivity contribution in [1.82, 2.24) is 4.98 Å². The summed E-state index contributed by atoms with van der Waals surface area (Å²) in [6.07, 6.45) is 4.64. The van der Waals surface area contributed by atoms with Gasteiger partial charge in [-0.2, -0.15) is 0 Å². The number of nitrogens with zero attached hydrogens (tertiary/aromatic N) is 1. The molecule has 1 fully saturated rings. The van der Waals surface area contributed by atoms with E-state index >= 15 is 0 Å². The van der Waals surface area contributed by atoms with Gasteiger partial charge in [0.1, 0.15) is 0 Å². The Morgan fingerprint density at radius 2 is 2.15 bits per heavy atom. The van der Waals surface area contributed by atoms with Crippen molar-refractivity contribution < 1.29 is 0 Å². The van der Waals surface area contributed by atoms with Gasteiger partial charge in [-0.15, -0.1) is 0 Å². The predicted octanol–water partition coefficient (Wildman–Crippen LogP) is 3.36. The second-order valence-corrected chi connectivity index (χ2v) is 7.50. The number of nitrogens with two attached hydrogens (primary N) is 2. The van der Waals surface area contributed by atoms with Crippen molar-refractivity contribution in [3.8, 4) is 0 Å². The Bertz CT molecular complexity index is 648. The van der Waals surface area contributed by atoms with Crippen LogP contribution in [0.25, 0.3) is 10.9 Å². The molecule has 4 N–H and O–H groups in total. The minimum absolute atomic E-state index is 0.260. The summed E-state index contributed by atoms with van der Waals surface area (Å²) in [6, 6.07) is 8.11. The van der Waals surface area contributed by atoms with Crippen molar-refractivity contribution in [2.24, 2.45) is 11.5 Å². The Morgan fingerprint density at radius 3 is 2.90 bits per heavy atom. The maximum absolute atomic E-state index is 6.77. The van der Waals surface area contributed by atoms with Crippen LogP contribution in [0.15, 0.2) is 30.5 Å². The molecule has 1 aliphatic carbocycles. The van der Waals surface area contributed by atoms with E-state index in [1.807, 2.05) is 30.5 Å². The van der Waals surface area contributed by atoms with Crippen molar-refractivity contribution in [2.75, 3.05) is 0 Å². The second kappa shape index (κ2) is 5.40. The molecule has 0 saturated heterocycles. The smallest absolute Gasteiger partial charge is 0.0720 e. The number of hydrogen-bond acceptors (Lipinski definition) is 3. The zero-order valence-corrected chi connectivity index (χ0v) is 13.9. The van der Waals surface area contributed by atoms with E-state index in [2.05, 4.69) is 27.6 Å². The van der Waals surface area contributed by atoms with Crippen molar-refractivity contribution in [3.05, 3.63) is 41.0 Å². The average Bonchev–Trinajstić information content (AvgIpc) is 2.42. The third-order valence-electron chi connectivity index (χ3n) is 4.20. The lowest BCUT2D eigenvalue weighted by Gasteiger charge is -2.41. The van der Waals surface area contributed by atoms with E-state index in [0.29, 0.717) is 8.95 Å². The van der Waals surface area contributed by atoms with Gasteiger partial charge in [0.05, 0.1) is 11.1 Å². The van der Waals surface area contributed by atoms with Crippen molar-refractivity contribution >= 4 is 45.1 Å². The number of hydrogen-bond donors (Lipinski definition) is 2. The minimum atomic E-state index is -0.342. The Kier molecular flexibility index (Phi) is 3.92. The van der Waals surface area contributed by atoms with Crippen LogP contribution in [-0.4, -0.2) is 15.0 Å². The molecule has 3 nitrogen and oxygen atoms in total. The summed E-state index contributed by atoms with van der Waals surface area (Å²) >= 11 is 8.49. The molecule has 1 heterocycles. The molecule has 2 aromatic rings. The maximum Gasteiger partial charge on any atom is 0.0720 e. The third kappa shape index (κ3) is 2.43. The zero-order chi connectivity index (χ0) is 14.3. The first-order chi connectivity index (χ1) is 9.50. The van der Waals surface area contributed by atoms with E-state index in [1.165, 1.54) is 0 Å². The molecule has 1 aromatic carbocycles. The summed E-state index contributed by atoms with van der Waals surface area (Å²) in [5.74, 6) is 0. The van der Waals surface area contributed by atoms with Crippen LogP contribution in [0.4, 0.5) is 0 Å². The van der Waals surface area contributed by atoms with Gasteiger partial charge >= 0.3 is 0 Å². The van der Waals surface area contributed by atoms with Gasteiger partial charge in [0.25, 0.3) is 0 Å². The molecule has 3 atom stereocenters. The molecule has 3 unspecified atom stereocenters. The summed E-state index contributed by atoms with van der Waals surface area (Å²) in [4.78, 5) is 4.40. The minimum Gasteiger partial charge on any atom is -0.328 e. The maximum atomic E-state index is 6.77. The molecule has 1 aromatic heterocycles. The van der Waals surface area contributed by atoms with Gasteiger partial charge < -0.3 is 11.5 Å². The van der Waals surface area contributed by atoms with Gasteiger partial charge in [0.2, 0.25) is 0 Å². The van der Waals surface area contributed by atoms with E-state index in [-0.39, 0.29) is 11.6 Å². The first kappa shape index (κ1) is 14.5. The van der Waals surface area contributed by atoms with Crippen LogP contribution in [0.1, 0.15) is 24.8 Å². The third-order valence-corrected chi connectivity index (χ3v) is 6.06. The zero-order valence-electron chi connectivity index (χ0n) is 11.0. The summed E-state index contributed by atoms with van der Waals surface area (Å²) in [6.45, 7) is 0. The molecule has 0 bridgehead atoms. The fourth-order valence-electron chi connectivity index (χ4n) is 3.01. The highest BCUT2D eigenvalue weighted by atomic mass is 127. The largest absolute Gasteiger partial charge is 0.328 e. The fourth-order valence-corrected chi connectivity index (χ4v) is 4.47. The van der Waals surface area contributed by atoms with Crippen LogP contribution < -0.4 is 11.5 Å². The molecule has 1 saturated carbocycles. The van der Waals surface area contributed by atoms with Crippen molar-refractivity contribution in [2.45, 2.75) is 34.8 Å². The molecule has 3 rings (SSSR count). The highest BCUT2D eigenvalue weighted by Gasteiger charge is 2.40. The van der Waals surface area contributed by atoms with Crippen LogP contribution in [0.3, 0.4) is 0 Å². The lowest BCUT2D eigenvalue weighted by atomic mass is 9.75. The standard InChI is InChI=1S/C15H17ClIN3/c16-9-1-2-11-12(4-6-20-13(11)7-9)15(19)5-3-10(18)8-14(15)17/h1-2,4,6-7,10,14H,3,5,8,18-19H2. The normalized spacial score (nSPS) is 30.6. The Balaban J connectivity index is 2.14. The molecule has 0 amide bonds. The lowest BCUT2D eigenvalue weighted by molar-refractivity contribution is 0.300. The van der Waals surface area contributed by atoms with Gasteiger partial charge in [-0.3, -0.25) is 4.98 Å². The van der Waals surface area contributed by atoms with Crippen molar-refractivity contribution in [3.63, 3.8) is 0 Å². The lowest BCUT2D eigenvalue weighted by Crippen LogP contribution is -2.51. The van der Waals surface area contributed by atoms with E-state index in [0.717, 1.165) is 35.7 Å². The molecule has 5 heteroatoms. The Hall–Kier alpha value is -0.430. The number of rotatable bonds is 1. The Morgan fingerprint density at radius 1 is 1.35 bits per heavy atom. The molecule has 0 radical (unpaired) electrons. The van der Waals surface area contributed by atoms with Crippen LogP contribution in [-0.2, 0) is 5.54 Å². The summed E-state index contributed by atoms with van der Waals surface area (Å²) in [7, 11) is 0. The summed E-state index contributed by atoms with van der Waals surface area (Å²) in [5, 5.41) is 1.79. The van der Waals surface area contributed by atoms with Gasteiger partial charge in [0, 0.05) is 26.6 Å². The number of pyridine rings is 1. The van der Waals surface area contributed by atoms with Crippen LogP contribution in [0, 0.1) is 0 Å². The summed E-state index contributed by atoms with van der Waals surface area (Å²) in [5.41, 5.74) is 14.6. The molecule has 0 aliphatic heterocycles. The highest BCUT2D eigenvalue weighted by molar-refractivity contribution is 14.1. The number of halogens is 2. The van der Waals surface area contributed by atoms with E-state index in [4.69, 9.17) is 23.1 Å². The highest BCUT2D eigenvalue weighted by Crippen LogP contribution is 2.41. The van der Waals surface area contributed by atoms with Gasteiger partial charge in [0.15, 0.2) is 0 Å². The second-order valence-electron chi connectivity index (χ2n) is 5.56. The number of benzene rings is 1. The number of alkyl halides is 1. The topological polar surface area (TPSA) is 64.9 Å². The van der Waals surface area contributed by atoms with Gasteiger partial charge in [-0.25, -0.2) is 0 Å². The number of aromatic nitrogens is 1. The molecule has 1 aliphatic rings. The fraction of sp³-hybridized carbons (Fsp3) is 0.400. The summed E-state index contributed by atoms with van der Waals surface area (Å²) < 4.78 is 0.324. The van der Waals surface area contributed by atoms with Gasteiger partial charge in [-0.1, -0.05) is 40.3 Å². The first-order valence-electron chi connectivity index (χ1n) is 6.74. The van der Waals surface area contributed by atoms with Crippen LogP contribution in [0.5, 0.6) is 0 Å². The van der Waals surface area contributed by atoms with Crippen LogP contribution in [0.2, 0.25) is 5.02 Å². The average molecular weight is 402 g/mol. The van der Waals surface area contributed by atoms with E-state index in [9.17, 15) is 0 Å². The van der Waals surface area contributed by atoms with E-state index in [1.54, 1.807) is 0 Å².